The summed E-state index contributed by atoms with van der Waals surface area (Å²) in [5, 5.41) is 0. The Morgan fingerprint density at radius 2 is 1.89 bits per heavy atom. The number of aryl methyl sites for hydroxylation is 1. The van der Waals surface area contributed by atoms with Crippen molar-refractivity contribution in [3.05, 3.63) is 28.3 Å². The summed E-state index contributed by atoms with van der Waals surface area (Å²) >= 11 is 0. The summed E-state index contributed by atoms with van der Waals surface area (Å²) < 4.78 is 5.44. The van der Waals surface area contributed by atoms with E-state index in [4.69, 9.17) is 4.74 Å². The van der Waals surface area contributed by atoms with Crippen molar-refractivity contribution in [1.82, 2.24) is 10.9 Å². The highest BCUT2D eigenvalue weighted by Crippen LogP contribution is 2.51. The number of benzene rings is 1. The third-order valence-corrected chi connectivity index (χ3v) is 4.17. The molecule has 2 rings (SSSR count). The largest absolute Gasteiger partial charge is 0.496 e. The Balaban J connectivity index is 2.50. The molecule has 1 fully saturated rings. The summed E-state index contributed by atoms with van der Waals surface area (Å²) in [4.78, 5) is 12.3. The van der Waals surface area contributed by atoms with Crippen molar-refractivity contribution in [3.8, 4) is 5.75 Å². The number of rotatable bonds is 4. The van der Waals surface area contributed by atoms with Crippen molar-refractivity contribution in [2.24, 2.45) is 0 Å². The van der Waals surface area contributed by atoms with Crippen molar-refractivity contribution >= 4 is 5.91 Å². The minimum atomic E-state index is -0.352. The Labute approximate surface area is 114 Å². The van der Waals surface area contributed by atoms with Gasteiger partial charge in [0, 0.05) is 7.05 Å². The molecule has 1 aromatic carbocycles. The van der Waals surface area contributed by atoms with Gasteiger partial charge in [0.05, 0.1) is 12.5 Å². The molecule has 0 aromatic heterocycles. The van der Waals surface area contributed by atoms with Gasteiger partial charge in [0.1, 0.15) is 5.75 Å². The van der Waals surface area contributed by atoms with Gasteiger partial charge in [0.25, 0.3) is 0 Å². The van der Waals surface area contributed by atoms with E-state index >= 15 is 0 Å². The fraction of sp³-hybridized carbons (Fsp3) is 0.533. The first-order chi connectivity index (χ1) is 8.97. The van der Waals surface area contributed by atoms with E-state index in [0.29, 0.717) is 0 Å². The standard InChI is InChI=1S/C15H22N2O2/c1-9-8-12(10(2)11(3)13(9)19-5)15(6-7-15)14(18)17-16-4/h8,16H,6-7H2,1-5H3,(H,17,18). The SMILES string of the molecule is CNNC(=O)C1(c2cc(C)c(OC)c(C)c2C)CC1. The van der Waals surface area contributed by atoms with Crippen LogP contribution in [-0.2, 0) is 10.2 Å². The Morgan fingerprint density at radius 3 is 2.37 bits per heavy atom. The van der Waals surface area contributed by atoms with E-state index in [1.165, 1.54) is 0 Å². The van der Waals surface area contributed by atoms with Crippen LogP contribution in [0, 0.1) is 20.8 Å². The van der Waals surface area contributed by atoms with Gasteiger partial charge < -0.3 is 4.74 Å². The maximum atomic E-state index is 12.3. The third kappa shape index (κ3) is 2.10. The lowest BCUT2D eigenvalue weighted by atomic mass is 9.87. The molecule has 4 heteroatoms. The highest BCUT2D eigenvalue weighted by molar-refractivity contribution is 5.91. The van der Waals surface area contributed by atoms with Gasteiger partial charge in [-0.1, -0.05) is 6.07 Å². The predicted molar refractivity (Wildman–Crippen MR) is 75.3 cm³/mol. The molecule has 4 nitrogen and oxygen atoms in total. The van der Waals surface area contributed by atoms with E-state index in [1.54, 1.807) is 14.2 Å². The zero-order chi connectivity index (χ0) is 14.2. The summed E-state index contributed by atoms with van der Waals surface area (Å²) in [6, 6.07) is 2.10. The normalized spacial score (nSPS) is 16.1. The monoisotopic (exact) mass is 262 g/mol. The van der Waals surface area contributed by atoms with E-state index < -0.39 is 0 Å². The number of nitrogens with one attached hydrogen (secondary N) is 2. The van der Waals surface area contributed by atoms with Crippen molar-refractivity contribution in [1.29, 1.82) is 0 Å². The number of ether oxygens (including phenoxy) is 1. The number of hydrogen-bond acceptors (Lipinski definition) is 3. The molecule has 104 valence electrons. The lowest BCUT2D eigenvalue weighted by Gasteiger charge is -2.21. The third-order valence-electron chi connectivity index (χ3n) is 4.17. The zero-order valence-corrected chi connectivity index (χ0v) is 12.3. The Hall–Kier alpha value is -1.55. The van der Waals surface area contributed by atoms with Gasteiger partial charge in [0.2, 0.25) is 5.91 Å². The van der Waals surface area contributed by atoms with Gasteiger partial charge in [-0.15, -0.1) is 0 Å². The minimum Gasteiger partial charge on any atom is -0.496 e. The van der Waals surface area contributed by atoms with Gasteiger partial charge in [-0.3, -0.25) is 10.2 Å². The maximum Gasteiger partial charge on any atom is 0.244 e. The molecule has 2 N–H and O–H groups in total. The first-order valence-corrected chi connectivity index (χ1v) is 6.60. The number of hydrazine groups is 1. The lowest BCUT2D eigenvalue weighted by molar-refractivity contribution is -0.124. The van der Waals surface area contributed by atoms with E-state index in [2.05, 4.69) is 30.8 Å². The first kappa shape index (κ1) is 13.9. The summed E-state index contributed by atoms with van der Waals surface area (Å²) in [6.45, 7) is 6.15. The van der Waals surface area contributed by atoms with Crippen LogP contribution in [0.4, 0.5) is 0 Å². The molecule has 1 aliphatic rings. The smallest absolute Gasteiger partial charge is 0.244 e. The van der Waals surface area contributed by atoms with E-state index in [1.807, 2.05) is 6.92 Å². The quantitative estimate of drug-likeness (QED) is 0.815. The van der Waals surface area contributed by atoms with Gasteiger partial charge in [-0.25, -0.2) is 5.43 Å². The van der Waals surface area contributed by atoms with E-state index in [-0.39, 0.29) is 11.3 Å². The van der Waals surface area contributed by atoms with Crippen molar-refractivity contribution in [2.75, 3.05) is 14.2 Å². The number of amides is 1. The highest BCUT2D eigenvalue weighted by Gasteiger charge is 2.52. The average molecular weight is 262 g/mol. The van der Waals surface area contributed by atoms with Gasteiger partial charge in [0.15, 0.2) is 0 Å². The molecule has 1 aliphatic carbocycles. The molecule has 1 aromatic rings. The molecule has 1 amide bonds. The number of carbonyl (C=O) groups is 1. The molecule has 0 unspecified atom stereocenters. The molecule has 19 heavy (non-hydrogen) atoms. The molecule has 0 radical (unpaired) electrons. The molecular formula is C15H22N2O2. The molecule has 0 saturated heterocycles. The second-order valence-corrected chi connectivity index (χ2v) is 5.31. The van der Waals surface area contributed by atoms with Crippen LogP contribution in [0.15, 0.2) is 6.07 Å². The van der Waals surface area contributed by atoms with Crippen LogP contribution in [-0.4, -0.2) is 20.1 Å². The predicted octanol–water partition coefficient (Wildman–Crippen LogP) is 1.90. The van der Waals surface area contributed by atoms with Gasteiger partial charge in [-0.05, 0) is 55.9 Å². The topological polar surface area (TPSA) is 50.4 Å². The zero-order valence-electron chi connectivity index (χ0n) is 12.3. The van der Waals surface area contributed by atoms with Crippen LogP contribution in [0.2, 0.25) is 0 Å². The van der Waals surface area contributed by atoms with Crippen LogP contribution >= 0.6 is 0 Å². The first-order valence-electron chi connectivity index (χ1n) is 6.60. The molecule has 0 bridgehead atoms. The van der Waals surface area contributed by atoms with Crippen LogP contribution in [0.1, 0.15) is 35.1 Å². The minimum absolute atomic E-state index is 0.0575. The molecular weight excluding hydrogens is 240 g/mol. The highest BCUT2D eigenvalue weighted by atomic mass is 16.5. The van der Waals surface area contributed by atoms with E-state index in [9.17, 15) is 4.79 Å². The number of methoxy groups -OCH3 is 1. The van der Waals surface area contributed by atoms with Gasteiger partial charge in [-0.2, -0.15) is 0 Å². The summed E-state index contributed by atoms with van der Waals surface area (Å²) in [5.74, 6) is 0.980. The van der Waals surface area contributed by atoms with Crippen LogP contribution < -0.4 is 15.6 Å². The molecule has 1 saturated carbocycles. The molecule has 0 heterocycles. The van der Waals surface area contributed by atoms with Crippen molar-refractivity contribution < 1.29 is 9.53 Å². The summed E-state index contributed by atoms with van der Waals surface area (Å²) in [6.07, 6.45) is 1.82. The van der Waals surface area contributed by atoms with Crippen molar-refractivity contribution in [2.45, 2.75) is 39.0 Å². The van der Waals surface area contributed by atoms with Crippen LogP contribution in [0.5, 0.6) is 5.75 Å². The molecule has 0 spiro atoms. The van der Waals surface area contributed by atoms with Crippen LogP contribution in [0.25, 0.3) is 0 Å². The maximum absolute atomic E-state index is 12.3. The Morgan fingerprint density at radius 1 is 1.26 bits per heavy atom. The van der Waals surface area contributed by atoms with Crippen molar-refractivity contribution in [3.63, 3.8) is 0 Å². The van der Waals surface area contributed by atoms with Crippen LogP contribution in [0.3, 0.4) is 0 Å². The second-order valence-electron chi connectivity index (χ2n) is 5.31. The molecule has 0 atom stereocenters. The number of hydrogen-bond donors (Lipinski definition) is 2. The summed E-state index contributed by atoms with van der Waals surface area (Å²) in [7, 11) is 3.40. The summed E-state index contributed by atoms with van der Waals surface area (Å²) in [5.41, 5.74) is 9.61. The Bertz CT molecular complexity index is 519. The number of carbonyl (C=O) groups excluding carboxylic acids is 1. The fourth-order valence-electron chi connectivity index (χ4n) is 2.85. The lowest BCUT2D eigenvalue weighted by Crippen LogP contribution is -2.42. The van der Waals surface area contributed by atoms with Gasteiger partial charge >= 0.3 is 0 Å². The second kappa shape index (κ2) is 4.85. The van der Waals surface area contributed by atoms with E-state index in [0.717, 1.165) is 40.8 Å². The average Bonchev–Trinajstić information content (AvgIpc) is 3.16. The molecule has 0 aliphatic heterocycles. The fourth-order valence-corrected chi connectivity index (χ4v) is 2.85. The Kier molecular flexibility index (Phi) is 3.54.